The summed E-state index contributed by atoms with van der Waals surface area (Å²) in [4.78, 5) is 22.0. The van der Waals surface area contributed by atoms with E-state index in [0.717, 1.165) is 31.2 Å². The average molecular weight is 398 g/mol. The van der Waals surface area contributed by atoms with Gasteiger partial charge in [0.2, 0.25) is 5.78 Å². The first-order chi connectivity index (χ1) is 12.1. The predicted molar refractivity (Wildman–Crippen MR) is 95.0 cm³/mol. The van der Waals surface area contributed by atoms with Crippen molar-refractivity contribution >= 4 is 44.6 Å². The summed E-state index contributed by atoms with van der Waals surface area (Å²) < 4.78 is 40.1. The molecule has 0 spiro atoms. The van der Waals surface area contributed by atoms with E-state index in [1.165, 1.54) is 24.3 Å². The molecule has 0 radical (unpaired) electrons. The molecule has 0 saturated heterocycles. The van der Waals surface area contributed by atoms with Gasteiger partial charge in [0.15, 0.2) is 5.78 Å². The van der Waals surface area contributed by atoms with Crippen molar-refractivity contribution in [1.82, 2.24) is 0 Å². The van der Waals surface area contributed by atoms with Gasteiger partial charge in [-0.05, 0) is 30.3 Å². The van der Waals surface area contributed by atoms with E-state index in [-0.39, 0.29) is 21.2 Å². The van der Waals surface area contributed by atoms with Crippen LogP contribution >= 0.6 is 11.6 Å². The van der Waals surface area contributed by atoms with Crippen LogP contribution in [0.1, 0.15) is 12.5 Å². The molecule has 136 valence electrons. The standard InChI is InChI=1S/C17H13ClFNO5S/c1-10(21)16(22)9-17(23)11-3-2-4-12(7-11)20-26(24,25)13-5-6-15(19)14(18)8-13/h2-9,20,23H,1H3. The lowest BCUT2D eigenvalue weighted by molar-refractivity contribution is -0.132. The summed E-state index contributed by atoms with van der Waals surface area (Å²) in [5, 5.41) is 9.56. The van der Waals surface area contributed by atoms with Crippen LogP contribution in [-0.2, 0) is 19.6 Å². The van der Waals surface area contributed by atoms with Crippen molar-refractivity contribution in [3.63, 3.8) is 0 Å². The molecule has 0 bridgehead atoms. The second-order valence-corrected chi connectivity index (χ2v) is 7.30. The van der Waals surface area contributed by atoms with Gasteiger partial charge in [-0.1, -0.05) is 23.7 Å². The number of aliphatic hydroxyl groups excluding tert-OH is 1. The van der Waals surface area contributed by atoms with Crippen LogP contribution in [0, 0.1) is 5.82 Å². The van der Waals surface area contributed by atoms with E-state index in [2.05, 4.69) is 4.72 Å². The largest absolute Gasteiger partial charge is 0.507 e. The number of rotatable bonds is 6. The summed E-state index contributed by atoms with van der Waals surface area (Å²) in [6.45, 7) is 1.06. The zero-order valence-electron chi connectivity index (χ0n) is 13.4. The number of ketones is 2. The Morgan fingerprint density at radius 1 is 1.19 bits per heavy atom. The minimum atomic E-state index is -4.05. The van der Waals surface area contributed by atoms with Crippen LogP contribution < -0.4 is 4.72 Å². The molecule has 0 amide bonds. The highest BCUT2D eigenvalue weighted by atomic mass is 35.5. The van der Waals surface area contributed by atoms with Crippen LogP contribution in [0.3, 0.4) is 0 Å². The van der Waals surface area contributed by atoms with Crippen molar-refractivity contribution in [2.75, 3.05) is 4.72 Å². The van der Waals surface area contributed by atoms with E-state index in [4.69, 9.17) is 11.6 Å². The van der Waals surface area contributed by atoms with Gasteiger partial charge in [-0.25, -0.2) is 12.8 Å². The van der Waals surface area contributed by atoms with Crippen LogP contribution in [0.4, 0.5) is 10.1 Å². The third-order valence-corrected chi connectivity index (χ3v) is 4.90. The molecular formula is C17H13ClFNO5S. The second kappa shape index (κ2) is 7.67. The number of anilines is 1. The summed E-state index contributed by atoms with van der Waals surface area (Å²) >= 11 is 5.60. The van der Waals surface area contributed by atoms with Crippen LogP contribution in [0.5, 0.6) is 0 Å². The molecule has 2 aromatic rings. The number of aliphatic hydroxyl groups is 1. The number of hydrogen-bond acceptors (Lipinski definition) is 5. The van der Waals surface area contributed by atoms with Crippen molar-refractivity contribution in [2.45, 2.75) is 11.8 Å². The molecular weight excluding hydrogens is 385 g/mol. The molecule has 0 aliphatic rings. The number of benzene rings is 2. The summed E-state index contributed by atoms with van der Waals surface area (Å²) in [6.07, 6.45) is 0.746. The number of nitrogens with one attached hydrogen (secondary N) is 1. The minimum absolute atomic E-state index is 0.0816. The van der Waals surface area contributed by atoms with E-state index >= 15 is 0 Å². The first-order valence-corrected chi connectivity index (χ1v) is 9.00. The van der Waals surface area contributed by atoms with Gasteiger partial charge in [0, 0.05) is 24.3 Å². The van der Waals surface area contributed by atoms with Crippen molar-refractivity contribution < 1.29 is 27.5 Å². The highest BCUT2D eigenvalue weighted by molar-refractivity contribution is 7.92. The lowest BCUT2D eigenvalue weighted by Gasteiger charge is -2.10. The maximum absolute atomic E-state index is 13.2. The van der Waals surface area contributed by atoms with Gasteiger partial charge in [0.05, 0.1) is 9.92 Å². The average Bonchev–Trinajstić information content (AvgIpc) is 2.56. The molecule has 9 heteroatoms. The number of halogens is 2. The normalized spacial score (nSPS) is 11.9. The van der Waals surface area contributed by atoms with Gasteiger partial charge in [-0.2, -0.15) is 0 Å². The topological polar surface area (TPSA) is 101 Å². The van der Waals surface area contributed by atoms with Crippen LogP contribution in [-0.4, -0.2) is 25.1 Å². The maximum atomic E-state index is 13.2. The monoisotopic (exact) mass is 397 g/mol. The van der Waals surface area contributed by atoms with E-state index in [1.807, 2.05) is 0 Å². The second-order valence-electron chi connectivity index (χ2n) is 5.21. The Morgan fingerprint density at radius 3 is 2.50 bits per heavy atom. The predicted octanol–water partition coefficient (Wildman–Crippen LogP) is 3.34. The Kier molecular flexibility index (Phi) is 5.79. The van der Waals surface area contributed by atoms with Crippen molar-refractivity contribution in [3.8, 4) is 0 Å². The molecule has 2 N–H and O–H groups in total. The molecule has 0 fully saturated rings. The SMILES string of the molecule is CC(=O)C(=O)C=C(O)c1cccc(NS(=O)(=O)c2ccc(F)c(Cl)c2)c1. The molecule has 2 rings (SSSR count). The highest BCUT2D eigenvalue weighted by Crippen LogP contribution is 2.23. The van der Waals surface area contributed by atoms with Gasteiger partial charge in [0.1, 0.15) is 11.6 Å². The van der Waals surface area contributed by atoms with Gasteiger partial charge in [-0.15, -0.1) is 0 Å². The quantitative estimate of drug-likeness (QED) is 0.442. The highest BCUT2D eigenvalue weighted by Gasteiger charge is 2.17. The molecule has 0 unspecified atom stereocenters. The zero-order valence-corrected chi connectivity index (χ0v) is 14.9. The number of carbonyl (C=O) groups is 2. The van der Waals surface area contributed by atoms with Gasteiger partial charge >= 0.3 is 0 Å². The summed E-state index contributed by atoms with van der Waals surface area (Å²) in [7, 11) is -4.05. The maximum Gasteiger partial charge on any atom is 0.261 e. The molecule has 6 nitrogen and oxygen atoms in total. The first-order valence-electron chi connectivity index (χ1n) is 7.14. The summed E-state index contributed by atoms with van der Waals surface area (Å²) in [5.74, 6) is -2.88. The lowest BCUT2D eigenvalue weighted by Crippen LogP contribution is -2.13. The van der Waals surface area contributed by atoms with Gasteiger partial charge < -0.3 is 5.11 Å². The molecule has 0 heterocycles. The smallest absolute Gasteiger partial charge is 0.261 e. The molecule has 0 aromatic heterocycles. The Bertz CT molecular complexity index is 1020. The number of hydrogen-bond donors (Lipinski definition) is 2. The van der Waals surface area contributed by atoms with Crippen LogP contribution in [0.2, 0.25) is 5.02 Å². The molecule has 0 aliphatic carbocycles. The van der Waals surface area contributed by atoms with E-state index in [1.54, 1.807) is 0 Å². The summed E-state index contributed by atoms with van der Waals surface area (Å²) in [5.41, 5.74) is 0.204. The van der Waals surface area contributed by atoms with E-state index in [0.29, 0.717) is 0 Å². The first kappa shape index (κ1) is 19.6. The number of allylic oxidation sites excluding steroid dienone is 1. The number of sulfonamides is 1. The third-order valence-electron chi connectivity index (χ3n) is 3.23. The number of Topliss-reactive ketones (excluding diaryl/α,β-unsaturated/α-hetero) is 1. The van der Waals surface area contributed by atoms with Crippen molar-refractivity contribution in [1.29, 1.82) is 0 Å². The fourth-order valence-electron chi connectivity index (χ4n) is 1.91. The Labute approximate surface area is 154 Å². The Hall–Kier alpha value is -2.71. The molecule has 0 aliphatic heterocycles. The Balaban J connectivity index is 2.31. The minimum Gasteiger partial charge on any atom is -0.507 e. The van der Waals surface area contributed by atoms with Crippen LogP contribution in [0.25, 0.3) is 5.76 Å². The fourth-order valence-corrected chi connectivity index (χ4v) is 3.23. The van der Waals surface area contributed by atoms with E-state index in [9.17, 15) is 27.5 Å². The Morgan fingerprint density at radius 2 is 1.88 bits per heavy atom. The lowest BCUT2D eigenvalue weighted by atomic mass is 10.1. The number of carbonyl (C=O) groups excluding carboxylic acids is 2. The van der Waals surface area contributed by atoms with Gasteiger partial charge in [0.25, 0.3) is 10.0 Å². The fraction of sp³-hybridized carbons (Fsp3) is 0.0588. The van der Waals surface area contributed by atoms with Gasteiger partial charge in [-0.3, -0.25) is 14.3 Å². The van der Waals surface area contributed by atoms with Crippen molar-refractivity contribution in [3.05, 3.63) is 64.9 Å². The van der Waals surface area contributed by atoms with E-state index < -0.39 is 33.2 Å². The third kappa shape index (κ3) is 4.68. The van der Waals surface area contributed by atoms with Crippen molar-refractivity contribution in [2.24, 2.45) is 0 Å². The molecule has 0 saturated carbocycles. The molecule has 0 atom stereocenters. The zero-order chi connectivity index (χ0) is 19.5. The van der Waals surface area contributed by atoms with Crippen LogP contribution in [0.15, 0.2) is 53.4 Å². The summed E-state index contributed by atoms with van der Waals surface area (Å²) in [6, 6.07) is 8.48. The molecule has 2 aromatic carbocycles. The molecule has 26 heavy (non-hydrogen) atoms.